The van der Waals surface area contributed by atoms with E-state index < -0.39 is 10.2 Å². The van der Waals surface area contributed by atoms with Gasteiger partial charge in [0.15, 0.2) is 5.03 Å². The summed E-state index contributed by atoms with van der Waals surface area (Å²) in [5, 5.41) is -0.286. The Morgan fingerprint density at radius 1 is 1.44 bits per heavy atom. The maximum Gasteiger partial charge on any atom is 0.350 e. The fourth-order valence-corrected chi connectivity index (χ4v) is 3.23. The summed E-state index contributed by atoms with van der Waals surface area (Å²) in [6, 6.07) is 3.53. The molecule has 1 aliphatic carbocycles. The van der Waals surface area contributed by atoms with Crippen LogP contribution in [0.5, 0.6) is 0 Å². The standard InChI is InChI=1S/C12H13FN2O2S/c1-8-4-3-7-15-11(8)14-10(9-5-2-6-9)12(15)18(13,16)17/h3-4,7,9H,2,5-6H2,1H3. The summed E-state index contributed by atoms with van der Waals surface area (Å²) in [6.07, 6.45) is 4.35. The van der Waals surface area contributed by atoms with E-state index in [1.54, 1.807) is 12.3 Å². The number of aryl methyl sites for hydroxylation is 1. The van der Waals surface area contributed by atoms with E-state index in [1.165, 1.54) is 4.40 Å². The molecule has 2 heterocycles. The van der Waals surface area contributed by atoms with E-state index in [1.807, 2.05) is 13.0 Å². The molecule has 1 fully saturated rings. The topological polar surface area (TPSA) is 51.4 Å². The van der Waals surface area contributed by atoms with Gasteiger partial charge >= 0.3 is 10.2 Å². The molecule has 96 valence electrons. The highest BCUT2D eigenvalue weighted by atomic mass is 32.3. The van der Waals surface area contributed by atoms with Gasteiger partial charge in [-0.15, -0.1) is 0 Å². The lowest BCUT2D eigenvalue weighted by Crippen LogP contribution is -2.13. The van der Waals surface area contributed by atoms with Gasteiger partial charge in [-0.25, -0.2) is 4.98 Å². The summed E-state index contributed by atoms with van der Waals surface area (Å²) in [5.74, 6) is 0.0739. The quantitative estimate of drug-likeness (QED) is 0.787. The number of aromatic nitrogens is 2. The van der Waals surface area contributed by atoms with Crippen LogP contribution in [0.25, 0.3) is 5.65 Å². The van der Waals surface area contributed by atoms with Crippen LogP contribution in [-0.2, 0) is 10.2 Å². The molecule has 0 N–H and O–H groups in total. The Morgan fingerprint density at radius 3 is 2.72 bits per heavy atom. The lowest BCUT2D eigenvalue weighted by Gasteiger charge is -2.23. The molecule has 3 rings (SSSR count). The first kappa shape index (κ1) is 11.6. The van der Waals surface area contributed by atoms with Crippen molar-refractivity contribution in [1.29, 1.82) is 0 Å². The van der Waals surface area contributed by atoms with Crippen molar-refractivity contribution < 1.29 is 12.3 Å². The highest BCUT2D eigenvalue weighted by Crippen LogP contribution is 2.39. The summed E-state index contributed by atoms with van der Waals surface area (Å²) >= 11 is 0. The van der Waals surface area contributed by atoms with Crippen LogP contribution in [-0.4, -0.2) is 17.8 Å². The van der Waals surface area contributed by atoms with E-state index in [-0.39, 0.29) is 10.9 Å². The molecule has 2 aromatic heterocycles. The Morgan fingerprint density at radius 2 is 2.17 bits per heavy atom. The predicted octanol–water partition coefficient (Wildman–Crippen LogP) is 2.57. The average Bonchev–Trinajstić information content (AvgIpc) is 2.54. The number of pyridine rings is 1. The summed E-state index contributed by atoms with van der Waals surface area (Å²) in [7, 11) is -4.75. The van der Waals surface area contributed by atoms with Crippen molar-refractivity contribution >= 4 is 15.9 Å². The third-order valence-electron chi connectivity index (χ3n) is 3.55. The molecule has 2 aromatic rings. The Labute approximate surface area is 105 Å². The number of hydrogen-bond donors (Lipinski definition) is 0. The minimum atomic E-state index is -4.75. The van der Waals surface area contributed by atoms with Gasteiger partial charge in [0.2, 0.25) is 0 Å². The monoisotopic (exact) mass is 268 g/mol. The molecule has 0 radical (unpaired) electrons. The molecule has 0 amide bonds. The molecule has 0 saturated heterocycles. The lowest BCUT2D eigenvalue weighted by atomic mass is 9.83. The maximum atomic E-state index is 13.5. The van der Waals surface area contributed by atoms with Crippen molar-refractivity contribution in [3.63, 3.8) is 0 Å². The van der Waals surface area contributed by atoms with Crippen molar-refractivity contribution in [2.24, 2.45) is 0 Å². The van der Waals surface area contributed by atoms with Gasteiger partial charge in [0, 0.05) is 12.1 Å². The molecule has 6 heteroatoms. The van der Waals surface area contributed by atoms with Crippen LogP contribution < -0.4 is 0 Å². The van der Waals surface area contributed by atoms with Crippen LogP contribution in [0.15, 0.2) is 23.4 Å². The average molecular weight is 268 g/mol. The minimum absolute atomic E-state index is 0.0739. The van der Waals surface area contributed by atoms with Gasteiger partial charge in [0.05, 0.1) is 5.69 Å². The first-order valence-corrected chi connectivity index (χ1v) is 7.29. The Balaban J connectivity index is 2.37. The van der Waals surface area contributed by atoms with E-state index in [0.29, 0.717) is 11.3 Å². The van der Waals surface area contributed by atoms with Crippen LogP contribution in [0, 0.1) is 6.92 Å². The molecular weight excluding hydrogens is 255 g/mol. The smallest absolute Gasteiger partial charge is 0.288 e. The fraction of sp³-hybridized carbons (Fsp3) is 0.417. The number of fused-ring (bicyclic) bond motifs is 1. The zero-order valence-electron chi connectivity index (χ0n) is 9.93. The molecular formula is C12H13FN2O2S. The molecule has 0 atom stereocenters. The third-order valence-corrected chi connectivity index (χ3v) is 4.42. The van der Waals surface area contributed by atoms with Crippen molar-refractivity contribution in [2.75, 3.05) is 0 Å². The van der Waals surface area contributed by atoms with E-state index in [2.05, 4.69) is 4.98 Å². The molecule has 0 spiro atoms. The van der Waals surface area contributed by atoms with E-state index in [0.717, 1.165) is 24.8 Å². The molecule has 1 aliphatic rings. The highest BCUT2D eigenvalue weighted by Gasteiger charge is 2.32. The largest absolute Gasteiger partial charge is 0.350 e. The number of rotatable bonds is 2. The molecule has 18 heavy (non-hydrogen) atoms. The lowest BCUT2D eigenvalue weighted by molar-refractivity contribution is 0.404. The number of hydrogen-bond acceptors (Lipinski definition) is 3. The Bertz CT molecular complexity index is 717. The second-order valence-corrected chi connectivity index (χ2v) is 6.02. The van der Waals surface area contributed by atoms with E-state index in [9.17, 15) is 12.3 Å². The van der Waals surface area contributed by atoms with Crippen LogP contribution in [0.2, 0.25) is 0 Å². The molecule has 0 aromatic carbocycles. The van der Waals surface area contributed by atoms with Crippen LogP contribution in [0.3, 0.4) is 0 Å². The molecule has 0 unspecified atom stereocenters. The zero-order chi connectivity index (χ0) is 12.9. The van der Waals surface area contributed by atoms with Gasteiger partial charge < -0.3 is 0 Å². The first-order valence-electron chi connectivity index (χ1n) is 5.90. The van der Waals surface area contributed by atoms with Crippen LogP contribution in [0.1, 0.15) is 36.4 Å². The van der Waals surface area contributed by atoms with Gasteiger partial charge in [-0.3, -0.25) is 4.40 Å². The second-order valence-electron chi connectivity index (χ2n) is 4.75. The Hall–Kier alpha value is -1.43. The minimum Gasteiger partial charge on any atom is -0.288 e. The fourth-order valence-electron chi connectivity index (χ4n) is 2.39. The van der Waals surface area contributed by atoms with Crippen LogP contribution >= 0.6 is 0 Å². The van der Waals surface area contributed by atoms with Gasteiger partial charge in [0.25, 0.3) is 0 Å². The number of halogens is 1. The Kier molecular flexibility index (Phi) is 2.45. The van der Waals surface area contributed by atoms with Crippen molar-refractivity contribution in [3.8, 4) is 0 Å². The first-order chi connectivity index (χ1) is 8.48. The van der Waals surface area contributed by atoms with Crippen molar-refractivity contribution in [3.05, 3.63) is 29.6 Å². The van der Waals surface area contributed by atoms with E-state index >= 15 is 0 Å². The number of imidazole rings is 1. The maximum absolute atomic E-state index is 13.5. The zero-order valence-corrected chi connectivity index (χ0v) is 10.7. The molecule has 0 aliphatic heterocycles. The molecule has 4 nitrogen and oxygen atoms in total. The van der Waals surface area contributed by atoms with Gasteiger partial charge in [0.1, 0.15) is 5.65 Å². The van der Waals surface area contributed by atoms with E-state index in [4.69, 9.17) is 0 Å². The normalized spacial score (nSPS) is 17.0. The summed E-state index contributed by atoms with van der Waals surface area (Å²) in [5.41, 5.74) is 1.75. The second kappa shape index (κ2) is 3.78. The van der Waals surface area contributed by atoms with Crippen molar-refractivity contribution in [1.82, 2.24) is 9.38 Å². The third kappa shape index (κ3) is 1.63. The number of nitrogens with zero attached hydrogens (tertiary/aromatic N) is 2. The van der Waals surface area contributed by atoms with Gasteiger partial charge in [-0.05, 0) is 31.4 Å². The predicted molar refractivity (Wildman–Crippen MR) is 64.8 cm³/mol. The summed E-state index contributed by atoms with van der Waals surface area (Å²) in [6.45, 7) is 1.83. The molecule has 0 bridgehead atoms. The summed E-state index contributed by atoms with van der Waals surface area (Å²) < 4.78 is 37.6. The van der Waals surface area contributed by atoms with Crippen LogP contribution in [0.4, 0.5) is 3.89 Å². The summed E-state index contributed by atoms with van der Waals surface area (Å²) in [4.78, 5) is 4.34. The van der Waals surface area contributed by atoms with Gasteiger partial charge in [-0.2, -0.15) is 8.42 Å². The molecule has 1 saturated carbocycles. The highest BCUT2D eigenvalue weighted by molar-refractivity contribution is 7.86. The van der Waals surface area contributed by atoms with Gasteiger partial charge in [-0.1, -0.05) is 16.4 Å². The van der Waals surface area contributed by atoms with Crippen molar-refractivity contribution in [2.45, 2.75) is 37.1 Å². The SMILES string of the molecule is Cc1cccn2c(S(=O)(=O)F)c(C3CCC3)nc12.